The SMILES string of the molecule is CC(=O)Nc1ccc2c(c1)N1C(=O)NCC1CO2. The number of rotatable bonds is 1. The fourth-order valence-electron chi connectivity index (χ4n) is 2.28. The molecule has 6 heteroatoms. The summed E-state index contributed by atoms with van der Waals surface area (Å²) < 4.78 is 5.60. The number of hydrogen-bond acceptors (Lipinski definition) is 3. The molecule has 0 bridgehead atoms. The van der Waals surface area contributed by atoms with Crippen molar-refractivity contribution < 1.29 is 14.3 Å². The minimum atomic E-state index is -0.144. The predicted octanol–water partition coefficient (Wildman–Crippen LogP) is 0.936. The van der Waals surface area contributed by atoms with E-state index in [1.54, 1.807) is 23.1 Å². The Hall–Kier alpha value is -2.24. The van der Waals surface area contributed by atoms with E-state index in [0.717, 1.165) is 0 Å². The van der Waals surface area contributed by atoms with Gasteiger partial charge >= 0.3 is 6.03 Å². The molecule has 1 unspecified atom stereocenters. The highest BCUT2D eigenvalue weighted by molar-refractivity contribution is 5.98. The van der Waals surface area contributed by atoms with E-state index in [4.69, 9.17) is 4.74 Å². The number of benzene rings is 1. The molecule has 0 spiro atoms. The van der Waals surface area contributed by atoms with Gasteiger partial charge in [-0.3, -0.25) is 9.69 Å². The van der Waals surface area contributed by atoms with Gasteiger partial charge in [0.05, 0.1) is 11.7 Å². The van der Waals surface area contributed by atoms with E-state index < -0.39 is 0 Å². The van der Waals surface area contributed by atoms with Gasteiger partial charge in [-0.1, -0.05) is 0 Å². The lowest BCUT2D eigenvalue weighted by atomic mass is 10.1. The molecule has 2 N–H and O–H groups in total. The van der Waals surface area contributed by atoms with Crippen LogP contribution in [-0.2, 0) is 4.79 Å². The predicted molar refractivity (Wildman–Crippen MR) is 65.9 cm³/mol. The Balaban J connectivity index is 2.00. The molecule has 0 radical (unpaired) electrons. The minimum absolute atomic E-state index is 0.0255. The molecule has 1 atom stereocenters. The van der Waals surface area contributed by atoms with Crippen LogP contribution in [0, 0.1) is 0 Å². The second-order valence-electron chi connectivity index (χ2n) is 4.38. The first kappa shape index (κ1) is 10.9. The zero-order valence-corrected chi connectivity index (χ0v) is 9.90. The molecule has 3 amide bonds. The number of carbonyl (C=O) groups is 2. The number of fused-ring (bicyclic) bond motifs is 3. The standard InChI is InChI=1S/C12H13N3O3/c1-7(16)14-8-2-3-11-10(4-8)15-9(6-18-11)5-13-12(15)17/h2-4,9H,5-6H2,1H3,(H,13,17)(H,14,16). The van der Waals surface area contributed by atoms with Crippen LogP contribution in [0.5, 0.6) is 5.75 Å². The smallest absolute Gasteiger partial charge is 0.322 e. The number of hydrogen-bond donors (Lipinski definition) is 2. The van der Waals surface area contributed by atoms with Crippen molar-refractivity contribution in [3.63, 3.8) is 0 Å². The molecule has 1 fully saturated rings. The zero-order chi connectivity index (χ0) is 12.7. The summed E-state index contributed by atoms with van der Waals surface area (Å²) >= 11 is 0. The molecule has 0 saturated carbocycles. The van der Waals surface area contributed by atoms with Crippen molar-refractivity contribution in [3.8, 4) is 5.75 Å². The molecule has 0 aromatic heterocycles. The lowest BCUT2D eigenvalue weighted by molar-refractivity contribution is -0.114. The van der Waals surface area contributed by atoms with Gasteiger partial charge in [-0.2, -0.15) is 0 Å². The largest absolute Gasteiger partial charge is 0.489 e. The van der Waals surface area contributed by atoms with Gasteiger partial charge < -0.3 is 15.4 Å². The van der Waals surface area contributed by atoms with Crippen LogP contribution in [0.25, 0.3) is 0 Å². The number of carbonyl (C=O) groups excluding carboxylic acids is 2. The van der Waals surface area contributed by atoms with Crippen molar-refractivity contribution in [1.29, 1.82) is 0 Å². The van der Waals surface area contributed by atoms with Gasteiger partial charge in [0.2, 0.25) is 5.91 Å². The third kappa shape index (κ3) is 1.66. The summed E-state index contributed by atoms with van der Waals surface area (Å²) in [5.41, 5.74) is 1.36. The summed E-state index contributed by atoms with van der Waals surface area (Å²) in [5.74, 6) is 0.520. The molecule has 2 aliphatic heterocycles. The summed E-state index contributed by atoms with van der Waals surface area (Å²) in [7, 11) is 0. The summed E-state index contributed by atoms with van der Waals surface area (Å²) in [6.07, 6.45) is 0. The summed E-state index contributed by atoms with van der Waals surface area (Å²) in [4.78, 5) is 24.5. The molecule has 1 aromatic rings. The van der Waals surface area contributed by atoms with E-state index in [2.05, 4.69) is 10.6 Å². The van der Waals surface area contributed by atoms with Crippen LogP contribution in [0.2, 0.25) is 0 Å². The van der Waals surface area contributed by atoms with Gasteiger partial charge in [0, 0.05) is 19.2 Å². The maximum absolute atomic E-state index is 11.8. The van der Waals surface area contributed by atoms with Gasteiger partial charge in [0.25, 0.3) is 0 Å². The summed E-state index contributed by atoms with van der Waals surface area (Å²) in [5, 5.41) is 5.48. The maximum atomic E-state index is 11.8. The quantitative estimate of drug-likeness (QED) is 0.775. The molecule has 18 heavy (non-hydrogen) atoms. The number of urea groups is 1. The van der Waals surface area contributed by atoms with Crippen LogP contribution >= 0.6 is 0 Å². The number of anilines is 2. The Morgan fingerprint density at radius 1 is 1.56 bits per heavy atom. The average molecular weight is 247 g/mol. The maximum Gasteiger partial charge on any atom is 0.322 e. The number of amides is 3. The zero-order valence-electron chi connectivity index (χ0n) is 9.90. The van der Waals surface area contributed by atoms with E-state index in [-0.39, 0.29) is 18.0 Å². The van der Waals surface area contributed by atoms with Crippen LogP contribution in [-0.4, -0.2) is 31.1 Å². The lowest BCUT2D eigenvalue weighted by Gasteiger charge is -2.30. The second kappa shape index (κ2) is 3.90. The van der Waals surface area contributed by atoms with E-state index in [9.17, 15) is 9.59 Å². The molecular weight excluding hydrogens is 234 g/mol. The first-order valence-electron chi connectivity index (χ1n) is 5.76. The highest BCUT2D eigenvalue weighted by Gasteiger charge is 2.37. The van der Waals surface area contributed by atoms with Crippen LogP contribution in [0.4, 0.5) is 16.2 Å². The molecule has 2 heterocycles. The highest BCUT2D eigenvalue weighted by Crippen LogP contribution is 2.37. The van der Waals surface area contributed by atoms with Crippen molar-refractivity contribution in [2.75, 3.05) is 23.4 Å². The Morgan fingerprint density at radius 2 is 2.39 bits per heavy atom. The van der Waals surface area contributed by atoms with E-state index >= 15 is 0 Å². The Morgan fingerprint density at radius 3 is 3.17 bits per heavy atom. The minimum Gasteiger partial charge on any atom is -0.489 e. The summed E-state index contributed by atoms with van der Waals surface area (Å²) in [6, 6.07) is 5.19. The molecular formula is C12H13N3O3. The van der Waals surface area contributed by atoms with Gasteiger partial charge in [-0.15, -0.1) is 0 Å². The second-order valence-corrected chi connectivity index (χ2v) is 4.38. The Kier molecular flexibility index (Phi) is 2.36. The van der Waals surface area contributed by atoms with Crippen LogP contribution < -0.4 is 20.3 Å². The topological polar surface area (TPSA) is 70.7 Å². The molecule has 6 nitrogen and oxygen atoms in total. The van der Waals surface area contributed by atoms with Gasteiger partial charge in [0.15, 0.2) is 0 Å². The third-order valence-electron chi connectivity index (χ3n) is 3.04. The van der Waals surface area contributed by atoms with Crippen molar-refractivity contribution in [3.05, 3.63) is 18.2 Å². The molecule has 1 aromatic carbocycles. The fourth-order valence-corrected chi connectivity index (χ4v) is 2.28. The van der Waals surface area contributed by atoms with E-state index in [1.807, 2.05) is 0 Å². The van der Waals surface area contributed by atoms with E-state index in [0.29, 0.717) is 30.3 Å². The van der Waals surface area contributed by atoms with Crippen molar-refractivity contribution in [1.82, 2.24) is 5.32 Å². The van der Waals surface area contributed by atoms with Gasteiger partial charge in [-0.05, 0) is 18.2 Å². The first-order valence-corrected chi connectivity index (χ1v) is 5.76. The molecule has 94 valence electrons. The average Bonchev–Trinajstić information content (AvgIpc) is 2.70. The van der Waals surface area contributed by atoms with Crippen molar-refractivity contribution in [2.24, 2.45) is 0 Å². The van der Waals surface area contributed by atoms with Crippen molar-refractivity contribution in [2.45, 2.75) is 13.0 Å². The fraction of sp³-hybridized carbons (Fsp3) is 0.333. The molecule has 1 saturated heterocycles. The van der Waals surface area contributed by atoms with Crippen LogP contribution in [0.3, 0.4) is 0 Å². The van der Waals surface area contributed by atoms with Crippen LogP contribution in [0.15, 0.2) is 18.2 Å². The van der Waals surface area contributed by atoms with Gasteiger partial charge in [0.1, 0.15) is 12.4 Å². The molecule has 0 aliphatic carbocycles. The molecule has 2 aliphatic rings. The number of nitrogens with zero attached hydrogens (tertiary/aromatic N) is 1. The van der Waals surface area contributed by atoms with Crippen LogP contribution in [0.1, 0.15) is 6.92 Å². The normalized spacial score (nSPS) is 20.6. The van der Waals surface area contributed by atoms with Crippen molar-refractivity contribution >= 4 is 23.3 Å². The Labute approximate surface area is 104 Å². The number of nitrogens with one attached hydrogen (secondary N) is 2. The Bertz CT molecular complexity index is 529. The van der Waals surface area contributed by atoms with Gasteiger partial charge in [-0.25, -0.2) is 4.79 Å². The van der Waals surface area contributed by atoms with E-state index in [1.165, 1.54) is 6.92 Å². The third-order valence-corrected chi connectivity index (χ3v) is 3.04. The summed E-state index contributed by atoms with van der Waals surface area (Å²) in [6.45, 7) is 2.52. The molecule has 3 rings (SSSR count). The monoisotopic (exact) mass is 247 g/mol. The number of ether oxygens (including phenoxy) is 1. The first-order chi connectivity index (χ1) is 8.65. The lowest BCUT2D eigenvalue weighted by Crippen LogP contribution is -2.41. The highest BCUT2D eigenvalue weighted by atomic mass is 16.5.